The highest BCUT2D eigenvalue weighted by Crippen LogP contribution is 1.78. The van der Waals surface area contributed by atoms with Crippen LogP contribution in [-0.2, 0) is 9.59 Å². The molecule has 0 saturated heterocycles. The van der Waals surface area contributed by atoms with Crippen molar-refractivity contribution in [1.29, 1.82) is 0 Å². The summed E-state index contributed by atoms with van der Waals surface area (Å²) in [7, 11) is 0. The Hall–Kier alpha value is -1.18. The minimum absolute atomic E-state index is 0.134. The van der Waals surface area contributed by atoms with Gasteiger partial charge in [0.05, 0.1) is 0 Å². The minimum atomic E-state index is -0.245. The summed E-state index contributed by atoms with van der Waals surface area (Å²) in [5.74, 6) is -0.379. The molecule has 2 heteroatoms. The van der Waals surface area contributed by atoms with E-state index in [9.17, 15) is 9.59 Å². The standard InChI is InChI=1S/C7H8O2/c1-3-7(9)5-4-6(2)8/h3-5H,1H2,2H3/b5-4+. The van der Waals surface area contributed by atoms with E-state index in [1.807, 2.05) is 0 Å². The zero-order chi connectivity index (χ0) is 7.28. The molecule has 0 amide bonds. The molecule has 0 radical (unpaired) electrons. The van der Waals surface area contributed by atoms with Gasteiger partial charge in [-0.3, -0.25) is 9.59 Å². The molecule has 0 aliphatic rings. The van der Waals surface area contributed by atoms with Crippen LogP contribution in [-0.4, -0.2) is 11.6 Å². The van der Waals surface area contributed by atoms with Crippen LogP contribution in [0.3, 0.4) is 0 Å². The Kier molecular flexibility index (Phi) is 3.28. The average Bonchev–Trinajstić information content (AvgIpc) is 1.83. The molecule has 0 fully saturated rings. The van der Waals surface area contributed by atoms with Crippen LogP contribution in [0.25, 0.3) is 0 Å². The molecule has 0 aromatic heterocycles. The molecular weight excluding hydrogens is 116 g/mol. The molecular formula is C7H8O2. The van der Waals surface area contributed by atoms with Crippen LogP contribution in [0.1, 0.15) is 6.92 Å². The van der Waals surface area contributed by atoms with Gasteiger partial charge in [0.25, 0.3) is 0 Å². The SMILES string of the molecule is C=CC(=O)/C=C/C(C)=O. The van der Waals surface area contributed by atoms with Crippen molar-refractivity contribution in [1.82, 2.24) is 0 Å². The first-order chi connectivity index (χ1) is 4.16. The van der Waals surface area contributed by atoms with Crippen molar-refractivity contribution in [3.05, 3.63) is 24.8 Å². The molecule has 0 bridgehead atoms. The lowest BCUT2D eigenvalue weighted by Gasteiger charge is -1.76. The van der Waals surface area contributed by atoms with Gasteiger partial charge in [-0.1, -0.05) is 6.58 Å². The van der Waals surface area contributed by atoms with Crippen LogP contribution in [0.2, 0.25) is 0 Å². The van der Waals surface area contributed by atoms with E-state index in [0.717, 1.165) is 6.08 Å². The molecule has 0 saturated carbocycles. The largest absolute Gasteiger partial charge is 0.295 e. The maximum Gasteiger partial charge on any atom is 0.178 e. The van der Waals surface area contributed by atoms with Gasteiger partial charge in [-0.05, 0) is 25.2 Å². The zero-order valence-electron chi connectivity index (χ0n) is 5.26. The molecule has 0 rings (SSSR count). The highest BCUT2D eigenvalue weighted by atomic mass is 16.1. The highest BCUT2D eigenvalue weighted by Gasteiger charge is 1.85. The molecule has 0 aliphatic heterocycles. The third-order valence-corrected chi connectivity index (χ3v) is 0.683. The van der Waals surface area contributed by atoms with Gasteiger partial charge in [0.1, 0.15) is 0 Å². The van der Waals surface area contributed by atoms with Gasteiger partial charge in [-0.15, -0.1) is 0 Å². The fourth-order valence-electron chi connectivity index (χ4n) is 0.268. The first-order valence-corrected chi connectivity index (χ1v) is 2.52. The van der Waals surface area contributed by atoms with Crippen molar-refractivity contribution >= 4 is 11.6 Å². The number of hydrogen-bond donors (Lipinski definition) is 0. The number of hydrogen-bond acceptors (Lipinski definition) is 2. The molecule has 0 N–H and O–H groups in total. The number of allylic oxidation sites excluding steroid dienone is 3. The van der Waals surface area contributed by atoms with E-state index in [1.165, 1.54) is 19.1 Å². The Morgan fingerprint density at radius 3 is 2.22 bits per heavy atom. The van der Waals surface area contributed by atoms with Crippen molar-refractivity contribution in [3.8, 4) is 0 Å². The predicted molar refractivity (Wildman–Crippen MR) is 35.0 cm³/mol. The summed E-state index contributed by atoms with van der Waals surface area (Å²) < 4.78 is 0. The van der Waals surface area contributed by atoms with Crippen LogP contribution in [0.5, 0.6) is 0 Å². The van der Waals surface area contributed by atoms with Crippen LogP contribution >= 0.6 is 0 Å². The van der Waals surface area contributed by atoms with Gasteiger partial charge in [0.15, 0.2) is 11.6 Å². The van der Waals surface area contributed by atoms with E-state index in [1.54, 1.807) is 0 Å². The third-order valence-electron chi connectivity index (χ3n) is 0.683. The number of carbonyl (C=O) groups excluding carboxylic acids is 2. The highest BCUT2D eigenvalue weighted by molar-refractivity contribution is 6.03. The number of carbonyl (C=O) groups is 2. The molecule has 0 aromatic carbocycles. The zero-order valence-corrected chi connectivity index (χ0v) is 5.26. The van der Waals surface area contributed by atoms with Crippen molar-refractivity contribution in [2.75, 3.05) is 0 Å². The summed E-state index contributed by atoms with van der Waals surface area (Å²) in [5.41, 5.74) is 0. The van der Waals surface area contributed by atoms with Crippen LogP contribution in [0, 0.1) is 0 Å². The van der Waals surface area contributed by atoms with Gasteiger partial charge in [-0.2, -0.15) is 0 Å². The summed E-state index contributed by atoms with van der Waals surface area (Å²) in [6.45, 7) is 4.61. The maximum absolute atomic E-state index is 10.4. The fraction of sp³-hybridized carbons (Fsp3) is 0.143. The van der Waals surface area contributed by atoms with E-state index in [0.29, 0.717) is 0 Å². The van der Waals surface area contributed by atoms with Crippen molar-refractivity contribution in [2.24, 2.45) is 0 Å². The lowest BCUT2D eigenvalue weighted by atomic mass is 10.3. The molecule has 9 heavy (non-hydrogen) atoms. The van der Waals surface area contributed by atoms with Gasteiger partial charge in [0, 0.05) is 0 Å². The van der Waals surface area contributed by atoms with Crippen molar-refractivity contribution < 1.29 is 9.59 Å². The Bertz CT molecular complexity index is 166. The second kappa shape index (κ2) is 3.78. The first-order valence-electron chi connectivity index (χ1n) is 2.52. The Morgan fingerprint density at radius 1 is 1.33 bits per heavy atom. The lowest BCUT2D eigenvalue weighted by molar-refractivity contribution is -0.113. The topological polar surface area (TPSA) is 34.1 Å². The Labute approximate surface area is 53.9 Å². The van der Waals surface area contributed by atoms with Crippen LogP contribution in [0.4, 0.5) is 0 Å². The molecule has 0 aliphatic carbocycles. The normalized spacial score (nSPS) is 9.44. The third kappa shape index (κ3) is 4.68. The minimum Gasteiger partial charge on any atom is -0.295 e. The quantitative estimate of drug-likeness (QED) is 0.523. The fourth-order valence-corrected chi connectivity index (χ4v) is 0.268. The first kappa shape index (κ1) is 7.82. The second-order valence-corrected chi connectivity index (χ2v) is 1.55. The summed E-state index contributed by atoms with van der Waals surface area (Å²) in [6, 6.07) is 0. The maximum atomic E-state index is 10.4. The average molecular weight is 124 g/mol. The molecule has 0 spiro atoms. The molecule has 0 heterocycles. The van der Waals surface area contributed by atoms with Crippen LogP contribution < -0.4 is 0 Å². The van der Waals surface area contributed by atoms with E-state index in [4.69, 9.17) is 0 Å². The Balaban J connectivity index is 3.85. The van der Waals surface area contributed by atoms with E-state index < -0.39 is 0 Å². The van der Waals surface area contributed by atoms with Gasteiger partial charge >= 0.3 is 0 Å². The summed E-state index contributed by atoms with van der Waals surface area (Å²) in [6.07, 6.45) is 3.55. The smallest absolute Gasteiger partial charge is 0.178 e. The lowest BCUT2D eigenvalue weighted by Crippen LogP contribution is -1.86. The molecule has 2 nitrogen and oxygen atoms in total. The van der Waals surface area contributed by atoms with Gasteiger partial charge in [-0.25, -0.2) is 0 Å². The van der Waals surface area contributed by atoms with Crippen LogP contribution in [0.15, 0.2) is 24.8 Å². The van der Waals surface area contributed by atoms with Gasteiger partial charge < -0.3 is 0 Å². The molecule has 0 unspecified atom stereocenters. The second-order valence-electron chi connectivity index (χ2n) is 1.55. The van der Waals surface area contributed by atoms with E-state index in [-0.39, 0.29) is 11.6 Å². The van der Waals surface area contributed by atoms with Crippen molar-refractivity contribution in [3.63, 3.8) is 0 Å². The summed E-state index contributed by atoms with van der Waals surface area (Å²) >= 11 is 0. The number of ketones is 2. The molecule has 48 valence electrons. The molecule has 0 aromatic rings. The summed E-state index contributed by atoms with van der Waals surface area (Å²) in [4.78, 5) is 20.5. The summed E-state index contributed by atoms with van der Waals surface area (Å²) in [5, 5.41) is 0. The molecule has 0 atom stereocenters. The Morgan fingerprint density at radius 2 is 1.89 bits per heavy atom. The monoisotopic (exact) mass is 124 g/mol. The van der Waals surface area contributed by atoms with E-state index >= 15 is 0 Å². The van der Waals surface area contributed by atoms with E-state index in [2.05, 4.69) is 6.58 Å². The van der Waals surface area contributed by atoms with Gasteiger partial charge in [0.2, 0.25) is 0 Å². The predicted octanol–water partition coefficient (Wildman–Crippen LogP) is 0.887. The number of rotatable bonds is 3. The van der Waals surface area contributed by atoms with Crippen molar-refractivity contribution in [2.45, 2.75) is 6.92 Å².